The zero-order valence-electron chi connectivity index (χ0n) is 13.8. The van der Waals surface area contributed by atoms with Gasteiger partial charge in [0, 0.05) is 18.1 Å². The van der Waals surface area contributed by atoms with E-state index in [-0.39, 0.29) is 17.4 Å². The average molecular weight is 346 g/mol. The molecule has 4 saturated carbocycles. The van der Waals surface area contributed by atoms with E-state index in [0.717, 1.165) is 29.7 Å². The van der Waals surface area contributed by atoms with Gasteiger partial charge in [-0.15, -0.1) is 0 Å². The molecule has 6 heteroatoms. The van der Waals surface area contributed by atoms with Crippen molar-refractivity contribution in [1.82, 2.24) is 14.9 Å². The van der Waals surface area contributed by atoms with Crippen molar-refractivity contribution in [2.45, 2.75) is 25.4 Å². The van der Waals surface area contributed by atoms with Crippen LogP contribution < -0.4 is 5.32 Å². The highest BCUT2D eigenvalue weighted by molar-refractivity contribution is 6.31. The highest BCUT2D eigenvalue weighted by Crippen LogP contribution is 2.79. The lowest BCUT2D eigenvalue weighted by Crippen LogP contribution is -2.42. The first-order valence-electron chi connectivity index (χ1n) is 8.50. The minimum Gasteiger partial charge on any atom is -0.469 e. The molecule has 1 heterocycles. The van der Waals surface area contributed by atoms with Crippen molar-refractivity contribution in [1.29, 1.82) is 0 Å². The van der Waals surface area contributed by atoms with Gasteiger partial charge in [0.1, 0.15) is 5.82 Å². The SMILES string of the molecule is COC(=O)C12C3CC(CC31)C2NCc1nc2cc(Cl)ccc2n1C. The third-order valence-corrected chi connectivity index (χ3v) is 6.89. The van der Waals surface area contributed by atoms with Crippen LogP contribution in [0.3, 0.4) is 0 Å². The lowest BCUT2D eigenvalue weighted by atomic mass is 9.97. The Hall–Kier alpha value is -1.59. The quantitative estimate of drug-likeness (QED) is 0.865. The lowest BCUT2D eigenvalue weighted by molar-refractivity contribution is -0.148. The topological polar surface area (TPSA) is 56.1 Å². The zero-order valence-corrected chi connectivity index (χ0v) is 14.5. The van der Waals surface area contributed by atoms with E-state index >= 15 is 0 Å². The van der Waals surface area contributed by atoms with Crippen molar-refractivity contribution >= 4 is 28.6 Å². The van der Waals surface area contributed by atoms with E-state index in [1.165, 1.54) is 7.11 Å². The summed E-state index contributed by atoms with van der Waals surface area (Å²) in [5.41, 5.74) is 1.72. The van der Waals surface area contributed by atoms with Crippen LogP contribution in [0, 0.1) is 23.2 Å². The molecule has 24 heavy (non-hydrogen) atoms. The van der Waals surface area contributed by atoms with E-state index in [4.69, 9.17) is 21.3 Å². The fourth-order valence-corrected chi connectivity index (χ4v) is 5.84. The molecule has 4 aliphatic rings. The third kappa shape index (κ3) is 1.64. The number of aryl methyl sites for hydroxylation is 1. The van der Waals surface area contributed by atoms with Gasteiger partial charge in [0.05, 0.1) is 30.1 Å². The van der Waals surface area contributed by atoms with E-state index < -0.39 is 0 Å². The molecular weight excluding hydrogens is 326 g/mol. The number of rotatable bonds is 4. The Bertz CT molecular complexity index is 849. The fourth-order valence-electron chi connectivity index (χ4n) is 5.68. The van der Waals surface area contributed by atoms with Gasteiger partial charge >= 0.3 is 5.97 Å². The molecule has 5 nitrogen and oxygen atoms in total. The molecule has 0 spiro atoms. The largest absolute Gasteiger partial charge is 0.469 e. The van der Waals surface area contributed by atoms with E-state index in [2.05, 4.69) is 9.88 Å². The number of halogens is 1. The molecule has 4 fully saturated rings. The van der Waals surface area contributed by atoms with Gasteiger partial charge in [0.2, 0.25) is 0 Å². The number of nitrogens with one attached hydrogen (secondary N) is 1. The fraction of sp³-hybridized carbons (Fsp3) is 0.556. The van der Waals surface area contributed by atoms with E-state index in [9.17, 15) is 4.79 Å². The summed E-state index contributed by atoms with van der Waals surface area (Å²) in [7, 11) is 3.53. The highest BCUT2D eigenvalue weighted by Gasteiger charge is 2.83. The second-order valence-electron chi connectivity index (χ2n) is 7.45. The summed E-state index contributed by atoms with van der Waals surface area (Å²) in [5.74, 6) is 2.61. The smallest absolute Gasteiger partial charge is 0.313 e. The van der Waals surface area contributed by atoms with Crippen LogP contribution in [0.15, 0.2) is 18.2 Å². The van der Waals surface area contributed by atoms with Crippen LogP contribution in [0.1, 0.15) is 18.7 Å². The van der Waals surface area contributed by atoms with Crippen LogP contribution in [0.4, 0.5) is 0 Å². The van der Waals surface area contributed by atoms with Gasteiger partial charge in [-0.3, -0.25) is 4.79 Å². The molecule has 1 N–H and O–H groups in total. The molecule has 0 radical (unpaired) electrons. The molecule has 0 saturated heterocycles. The Balaban J connectivity index is 1.40. The standard InChI is InChI=1S/C18H20ClN3O2/c1-22-14-4-3-10(19)7-13(14)21-15(22)8-20-16-9-5-11-12(6-9)18(11,16)17(23)24-2/h3-4,7,9,11-12,16,20H,5-6,8H2,1-2H3. The number of fused-ring (bicyclic) bond motifs is 1. The van der Waals surface area contributed by atoms with Gasteiger partial charge in [-0.05, 0) is 48.8 Å². The summed E-state index contributed by atoms with van der Waals surface area (Å²) in [5, 5.41) is 4.33. The summed E-state index contributed by atoms with van der Waals surface area (Å²) in [4.78, 5) is 17.1. The Kier molecular flexibility index (Phi) is 2.90. The van der Waals surface area contributed by atoms with Gasteiger partial charge < -0.3 is 14.6 Å². The predicted molar refractivity (Wildman–Crippen MR) is 90.5 cm³/mol. The summed E-state index contributed by atoms with van der Waals surface area (Å²) >= 11 is 6.06. The van der Waals surface area contributed by atoms with E-state index in [0.29, 0.717) is 29.3 Å². The minimum atomic E-state index is -0.257. The normalized spacial score (nSPS) is 35.6. The minimum absolute atomic E-state index is 0.0215. The first kappa shape index (κ1) is 14.7. The number of hydrogen-bond acceptors (Lipinski definition) is 4. The number of ether oxygens (including phenoxy) is 1. The monoisotopic (exact) mass is 345 g/mol. The summed E-state index contributed by atoms with van der Waals surface area (Å²) in [6.45, 7) is 0.655. The first-order valence-corrected chi connectivity index (χ1v) is 8.87. The van der Waals surface area contributed by atoms with Crippen molar-refractivity contribution in [3.8, 4) is 0 Å². The van der Waals surface area contributed by atoms with Crippen LogP contribution in [-0.2, 0) is 23.1 Å². The van der Waals surface area contributed by atoms with Gasteiger partial charge in [-0.2, -0.15) is 0 Å². The maximum atomic E-state index is 12.4. The van der Waals surface area contributed by atoms with E-state index in [1.54, 1.807) is 0 Å². The molecule has 2 aromatic rings. The zero-order chi connectivity index (χ0) is 16.6. The maximum Gasteiger partial charge on any atom is 0.313 e. The Morgan fingerprint density at radius 3 is 2.92 bits per heavy atom. The molecule has 0 amide bonds. The second kappa shape index (κ2) is 4.73. The molecule has 1 aromatic heterocycles. The lowest BCUT2D eigenvalue weighted by Gasteiger charge is -2.23. The number of nitrogens with zero attached hydrogens (tertiary/aromatic N) is 2. The van der Waals surface area contributed by atoms with Gasteiger partial charge in [-0.1, -0.05) is 11.6 Å². The van der Waals surface area contributed by atoms with Crippen LogP contribution in [-0.4, -0.2) is 28.7 Å². The van der Waals surface area contributed by atoms with Gasteiger partial charge in [-0.25, -0.2) is 4.98 Å². The molecule has 6 rings (SSSR count). The van der Waals surface area contributed by atoms with Crippen molar-refractivity contribution in [3.05, 3.63) is 29.0 Å². The highest BCUT2D eigenvalue weighted by atomic mass is 35.5. The summed E-state index contributed by atoms with van der Waals surface area (Å²) < 4.78 is 7.22. The van der Waals surface area contributed by atoms with Crippen LogP contribution >= 0.6 is 11.6 Å². The van der Waals surface area contributed by atoms with Crippen molar-refractivity contribution in [2.75, 3.05) is 7.11 Å². The van der Waals surface area contributed by atoms with Crippen LogP contribution in [0.25, 0.3) is 11.0 Å². The van der Waals surface area contributed by atoms with Crippen molar-refractivity contribution in [2.24, 2.45) is 30.2 Å². The second-order valence-corrected chi connectivity index (χ2v) is 7.88. The van der Waals surface area contributed by atoms with Gasteiger partial charge in [0.15, 0.2) is 0 Å². The van der Waals surface area contributed by atoms with Crippen molar-refractivity contribution in [3.63, 3.8) is 0 Å². The number of methoxy groups -OCH3 is 1. The number of aromatic nitrogens is 2. The molecule has 3 atom stereocenters. The molecule has 126 valence electrons. The molecular formula is C18H20ClN3O2. The number of benzene rings is 1. The van der Waals surface area contributed by atoms with E-state index in [1.807, 2.05) is 25.2 Å². The number of esters is 1. The van der Waals surface area contributed by atoms with Crippen LogP contribution in [0.2, 0.25) is 5.02 Å². The summed E-state index contributed by atoms with van der Waals surface area (Å²) in [6.07, 6.45) is 2.32. The predicted octanol–water partition coefficient (Wildman–Crippen LogP) is 2.51. The number of carbonyl (C=O) groups excluding carboxylic acids is 1. The number of carbonyl (C=O) groups is 1. The Morgan fingerprint density at radius 1 is 1.46 bits per heavy atom. The summed E-state index contributed by atoms with van der Waals surface area (Å²) in [6, 6.07) is 5.99. The molecule has 1 aromatic carbocycles. The maximum absolute atomic E-state index is 12.4. The first-order chi connectivity index (χ1) is 11.6. The number of imidazole rings is 1. The average Bonchev–Trinajstić information content (AvgIpc) is 3.02. The Morgan fingerprint density at radius 2 is 2.21 bits per heavy atom. The van der Waals surface area contributed by atoms with Crippen LogP contribution in [0.5, 0.6) is 0 Å². The van der Waals surface area contributed by atoms with Crippen molar-refractivity contribution < 1.29 is 9.53 Å². The Labute approximate surface area is 145 Å². The number of hydrogen-bond donors (Lipinski definition) is 1. The molecule has 4 aliphatic carbocycles. The molecule has 0 aliphatic heterocycles. The molecule has 4 bridgehead atoms. The third-order valence-electron chi connectivity index (χ3n) is 6.66. The molecule has 3 unspecified atom stereocenters. The van der Waals surface area contributed by atoms with Gasteiger partial charge in [0.25, 0.3) is 0 Å².